The summed E-state index contributed by atoms with van der Waals surface area (Å²) in [5.74, 6) is -2.59. The van der Waals surface area contributed by atoms with Crippen molar-refractivity contribution in [3.63, 3.8) is 0 Å². The van der Waals surface area contributed by atoms with Crippen LogP contribution in [0.3, 0.4) is 0 Å². The van der Waals surface area contributed by atoms with Gasteiger partial charge in [-0.3, -0.25) is 0 Å². The first-order chi connectivity index (χ1) is 20.0. The van der Waals surface area contributed by atoms with Crippen LogP contribution < -0.4 is 14.4 Å². The molecule has 2 heterocycles. The molecule has 2 aliphatic heterocycles. The molecule has 220 valence electrons. The van der Waals surface area contributed by atoms with Gasteiger partial charge in [0, 0.05) is 49.4 Å². The number of benzene rings is 3. The molecule has 0 atom stereocenters. The summed E-state index contributed by atoms with van der Waals surface area (Å²) < 4.78 is 63.5. The number of hydrogen-bond acceptors (Lipinski definition) is 9. The first-order valence-corrected chi connectivity index (χ1v) is 13.4. The monoisotopic (exact) mass is 573 g/mol. The molecule has 41 heavy (non-hydrogen) atoms. The van der Waals surface area contributed by atoms with E-state index in [1.165, 1.54) is 24.3 Å². The Hall–Kier alpha value is -3.64. The first kappa shape index (κ1) is 28.9. The highest BCUT2D eigenvalue weighted by molar-refractivity contribution is 5.65. The van der Waals surface area contributed by atoms with Gasteiger partial charge in [0.05, 0.1) is 51.9 Å². The van der Waals surface area contributed by atoms with E-state index in [-0.39, 0.29) is 18.1 Å². The van der Waals surface area contributed by atoms with Gasteiger partial charge >= 0.3 is 0 Å². The first-order valence-electron chi connectivity index (χ1n) is 13.4. The molecule has 3 aromatic carbocycles. The standard InChI is InChI=1S/C30H33F2NO8/c1-36-6-4-33-5-7-37-8-9-38-10-11-39-12-13-40-29-14-19(2-3-24(29)33)30-20-15-22(31)25(34)17-27(20)41-28-18-26(35)23(32)16-21(28)30/h2-3,14-18,30,34-35H,4-13H2,1H3. The van der Waals surface area contributed by atoms with Gasteiger partial charge in [0.25, 0.3) is 0 Å². The van der Waals surface area contributed by atoms with Crippen molar-refractivity contribution in [2.75, 3.05) is 78.0 Å². The molecule has 3 aromatic rings. The quantitative estimate of drug-likeness (QED) is 0.364. The summed E-state index contributed by atoms with van der Waals surface area (Å²) in [6, 6.07) is 10.3. The van der Waals surface area contributed by atoms with Gasteiger partial charge in [0.1, 0.15) is 23.9 Å². The zero-order valence-corrected chi connectivity index (χ0v) is 22.7. The Balaban J connectivity index is 1.58. The fourth-order valence-corrected chi connectivity index (χ4v) is 4.96. The summed E-state index contributed by atoms with van der Waals surface area (Å²) in [5, 5.41) is 20.0. The van der Waals surface area contributed by atoms with E-state index in [0.717, 1.165) is 5.69 Å². The third kappa shape index (κ3) is 6.65. The summed E-state index contributed by atoms with van der Waals surface area (Å²) in [7, 11) is 1.63. The number of ether oxygens (including phenoxy) is 6. The van der Waals surface area contributed by atoms with Crippen LogP contribution in [0.5, 0.6) is 28.7 Å². The molecule has 2 N–H and O–H groups in total. The van der Waals surface area contributed by atoms with Crippen molar-refractivity contribution in [2.45, 2.75) is 5.92 Å². The Morgan fingerprint density at radius 2 is 1.37 bits per heavy atom. The molecule has 2 aliphatic rings. The number of halogens is 2. The highest BCUT2D eigenvalue weighted by Crippen LogP contribution is 2.51. The summed E-state index contributed by atoms with van der Waals surface area (Å²) in [6.07, 6.45) is 0. The van der Waals surface area contributed by atoms with Crippen molar-refractivity contribution in [2.24, 2.45) is 0 Å². The Morgan fingerprint density at radius 3 is 1.98 bits per heavy atom. The summed E-state index contributed by atoms with van der Waals surface area (Å²) in [4.78, 5) is 2.09. The second kappa shape index (κ2) is 13.3. The molecule has 0 unspecified atom stereocenters. The maximum absolute atomic E-state index is 14.6. The van der Waals surface area contributed by atoms with Crippen LogP contribution in [0.15, 0.2) is 42.5 Å². The molecule has 0 saturated heterocycles. The number of hydrogen-bond donors (Lipinski definition) is 2. The van der Waals surface area contributed by atoms with Crippen LogP contribution in [0.1, 0.15) is 22.6 Å². The fraction of sp³-hybridized carbons (Fsp3) is 0.400. The van der Waals surface area contributed by atoms with Gasteiger partial charge in [0.15, 0.2) is 23.1 Å². The van der Waals surface area contributed by atoms with E-state index in [4.69, 9.17) is 28.4 Å². The second-order valence-corrected chi connectivity index (χ2v) is 9.61. The number of methoxy groups -OCH3 is 1. The average Bonchev–Trinajstić information content (AvgIpc) is 2.96. The smallest absolute Gasteiger partial charge is 0.165 e. The van der Waals surface area contributed by atoms with Crippen LogP contribution in [0.25, 0.3) is 0 Å². The van der Waals surface area contributed by atoms with E-state index in [1.54, 1.807) is 7.11 Å². The molecular weight excluding hydrogens is 540 g/mol. The molecule has 9 nitrogen and oxygen atoms in total. The molecule has 0 fully saturated rings. The van der Waals surface area contributed by atoms with E-state index in [9.17, 15) is 19.0 Å². The van der Waals surface area contributed by atoms with Crippen molar-refractivity contribution in [1.82, 2.24) is 0 Å². The molecule has 0 saturated carbocycles. The lowest BCUT2D eigenvalue weighted by Gasteiger charge is -2.31. The maximum Gasteiger partial charge on any atom is 0.165 e. The van der Waals surface area contributed by atoms with Crippen molar-refractivity contribution >= 4 is 5.69 Å². The molecule has 0 aromatic heterocycles. The largest absolute Gasteiger partial charge is 0.505 e. The van der Waals surface area contributed by atoms with Crippen molar-refractivity contribution < 1.29 is 47.4 Å². The number of phenols is 2. The highest BCUT2D eigenvalue weighted by atomic mass is 19.1. The molecule has 0 bridgehead atoms. The van der Waals surface area contributed by atoms with E-state index in [1.807, 2.05) is 18.2 Å². The third-order valence-corrected chi connectivity index (χ3v) is 6.96. The predicted octanol–water partition coefficient (Wildman–Crippen LogP) is 4.56. The Bertz CT molecular complexity index is 1300. The van der Waals surface area contributed by atoms with Gasteiger partial charge in [-0.1, -0.05) is 6.07 Å². The lowest BCUT2D eigenvalue weighted by molar-refractivity contribution is 0.0110. The van der Waals surface area contributed by atoms with E-state index in [0.29, 0.717) is 81.8 Å². The number of rotatable bonds is 4. The molecule has 0 spiro atoms. The number of phenolic OH excluding ortho intramolecular Hbond substituents is 2. The summed E-state index contributed by atoms with van der Waals surface area (Å²) in [5.41, 5.74) is 2.24. The van der Waals surface area contributed by atoms with Crippen LogP contribution in [-0.4, -0.2) is 83.3 Å². The van der Waals surface area contributed by atoms with Crippen LogP contribution in [0.2, 0.25) is 0 Å². The number of nitrogens with zero attached hydrogens (tertiary/aromatic N) is 1. The minimum atomic E-state index is -0.836. The van der Waals surface area contributed by atoms with Crippen molar-refractivity contribution in [3.8, 4) is 28.7 Å². The van der Waals surface area contributed by atoms with E-state index in [2.05, 4.69) is 4.90 Å². The number of fused-ring (bicyclic) bond motifs is 3. The summed E-state index contributed by atoms with van der Waals surface area (Å²) in [6.45, 7) is 4.46. The minimum Gasteiger partial charge on any atom is -0.505 e. The second-order valence-electron chi connectivity index (χ2n) is 9.61. The maximum atomic E-state index is 14.6. The Kier molecular flexibility index (Phi) is 9.40. The lowest BCUT2D eigenvalue weighted by atomic mass is 9.82. The molecule has 5 rings (SSSR count). The zero-order chi connectivity index (χ0) is 28.8. The van der Waals surface area contributed by atoms with Gasteiger partial charge in [-0.2, -0.15) is 0 Å². The fourth-order valence-electron chi connectivity index (χ4n) is 4.96. The lowest BCUT2D eigenvalue weighted by Crippen LogP contribution is -2.31. The Labute approximate surface area is 236 Å². The molecule has 11 heteroatoms. The van der Waals surface area contributed by atoms with Gasteiger partial charge in [0.2, 0.25) is 0 Å². The SMILES string of the molecule is COCCN1CCOCCOCCOCCOc2cc(C3c4cc(F)c(O)cc4Oc4cc(O)c(F)cc43)ccc21. The van der Waals surface area contributed by atoms with Crippen LogP contribution >= 0.6 is 0 Å². The molecule has 0 radical (unpaired) electrons. The van der Waals surface area contributed by atoms with Gasteiger partial charge < -0.3 is 43.5 Å². The van der Waals surface area contributed by atoms with Crippen molar-refractivity contribution in [3.05, 3.63) is 70.8 Å². The van der Waals surface area contributed by atoms with Crippen LogP contribution in [-0.2, 0) is 18.9 Å². The van der Waals surface area contributed by atoms with Crippen molar-refractivity contribution in [1.29, 1.82) is 0 Å². The number of aromatic hydroxyl groups is 2. The molecular formula is C30H33F2NO8. The van der Waals surface area contributed by atoms with E-state index < -0.39 is 29.1 Å². The number of anilines is 1. The van der Waals surface area contributed by atoms with E-state index >= 15 is 0 Å². The Morgan fingerprint density at radius 1 is 0.780 bits per heavy atom. The molecule has 0 amide bonds. The minimum absolute atomic E-state index is 0.193. The molecule has 0 aliphatic carbocycles. The van der Waals surface area contributed by atoms with Crippen LogP contribution in [0.4, 0.5) is 14.5 Å². The zero-order valence-electron chi connectivity index (χ0n) is 22.7. The van der Waals surface area contributed by atoms with Gasteiger partial charge in [-0.05, 0) is 29.8 Å². The van der Waals surface area contributed by atoms with Gasteiger partial charge in [-0.15, -0.1) is 0 Å². The topological polar surface area (TPSA) is 99.1 Å². The predicted molar refractivity (Wildman–Crippen MR) is 146 cm³/mol. The third-order valence-electron chi connectivity index (χ3n) is 6.96. The van der Waals surface area contributed by atoms with Crippen LogP contribution in [0, 0.1) is 11.6 Å². The normalized spacial score (nSPS) is 16.8. The van der Waals surface area contributed by atoms with Gasteiger partial charge in [-0.25, -0.2) is 8.78 Å². The highest BCUT2D eigenvalue weighted by Gasteiger charge is 2.32. The average molecular weight is 574 g/mol. The summed E-state index contributed by atoms with van der Waals surface area (Å²) >= 11 is 0.